The van der Waals surface area contributed by atoms with E-state index in [1.54, 1.807) is 4.90 Å². The molecule has 4 nitrogen and oxygen atoms in total. The minimum absolute atomic E-state index is 0.0175. The first-order valence-electron chi connectivity index (χ1n) is 11.4. The number of thioether (sulfide) groups is 1. The predicted molar refractivity (Wildman–Crippen MR) is 134 cm³/mol. The molecule has 0 heterocycles. The summed E-state index contributed by atoms with van der Waals surface area (Å²) in [6.07, 6.45) is 4.97. The molecule has 1 saturated carbocycles. The zero-order valence-corrected chi connectivity index (χ0v) is 20.6. The molecule has 0 aromatic heterocycles. The van der Waals surface area contributed by atoms with Crippen molar-refractivity contribution >= 4 is 35.2 Å². The van der Waals surface area contributed by atoms with Crippen LogP contribution in [0, 0.1) is 6.92 Å². The van der Waals surface area contributed by atoms with E-state index in [-0.39, 0.29) is 17.9 Å². The lowest BCUT2D eigenvalue weighted by Crippen LogP contribution is -2.51. The molecule has 32 heavy (non-hydrogen) atoms. The molecule has 0 spiro atoms. The number of hydrogen-bond acceptors (Lipinski definition) is 3. The zero-order chi connectivity index (χ0) is 22.9. The Labute approximate surface area is 201 Å². The third kappa shape index (κ3) is 7.01. The van der Waals surface area contributed by atoms with E-state index >= 15 is 0 Å². The van der Waals surface area contributed by atoms with Crippen molar-refractivity contribution in [3.8, 4) is 0 Å². The summed E-state index contributed by atoms with van der Waals surface area (Å²) >= 11 is 7.79. The number of carbonyl (C=O) groups is 2. The van der Waals surface area contributed by atoms with Gasteiger partial charge >= 0.3 is 0 Å². The number of nitrogens with zero attached hydrogens (tertiary/aromatic N) is 1. The van der Waals surface area contributed by atoms with Crippen LogP contribution in [0.4, 0.5) is 0 Å². The molecule has 1 aliphatic rings. The van der Waals surface area contributed by atoms with Gasteiger partial charge in [0.2, 0.25) is 11.8 Å². The van der Waals surface area contributed by atoms with E-state index in [0.29, 0.717) is 29.5 Å². The average Bonchev–Trinajstić information content (AvgIpc) is 3.29. The van der Waals surface area contributed by atoms with Gasteiger partial charge in [-0.05, 0) is 43.4 Å². The maximum Gasteiger partial charge on any atom is 0.243 e. The molecule has 172 valence electrons. The summed E-state index contributed by atoms with van der Waals surface area (Å²) in [7, 11) is 0. The van der Waals surface area contributed by atoms with Crippen LogP contribution in [0.1, 0.15) is 55.7 Å². The van der Waals surface area contributed by atoms with Crippen LogP contribution in [0.2, 0.25) is 5.02 Å². The Kier molecular flexibility index (Phi) is 9.49. The Morgan fingerprint density at radius 3 is 2.47 bits per heavy atom. The van der Waals surface area contributed by atoms with Crippen LogP contribution in [0.5, 0.6) is 0 Å². The van der Waals surface area contributed by atoms with Crippen LogP contribution in [-0.2, 0) is 21.9 Å². The monoisotopic (exact) mass is 472 g/mol. The number of carbonyl (C=O) groups excluding carboxylic acids is 2. The number of rotatable bonds is 10. The molecule has 0 saturated heterocycles. The van der Waals surface area contributed by atoms with Gasteiger partial charge in [0, 0.05) is 23.4 Å². The third-order valence-electron chi connectivity index (χ3n) is 6.00. The number of benzene rings is 2. The first kappa shape index (κ1) is 24.7. The second-order valence-electron chi connectivity index (χ2n) is 8.51. The normalized spacial score (nSPS) is 14.8. The number of halogens is 1. The standard InChI is InChI=1S/C26H33ClN2O2S/c1-3-24(26(31)28-22-9-5-6-10-22)29(16-20-14-12-19(2)13-15-20)25(30)18-32-17-21-8-4-7-11-23(21)27/h4,7-8,11-15,22,24H,3,5-6,9-10,16-18H2,1-2H3,(H,28,31)/t24-/m0/s1. The van der Waals surface area contributed by atoms with Gasteiger partial charge in [0.25, 0.3) is 0 Å². The molecule has 3 rings (SSSR count). The summed E-state index contributed by atoms with van der Waals surface area (Å²) in [5, 5.41) is 3.91. The SMILES string of the molecule is CC[C@@H](C(=O)NC1CCCC1)N(Cc1ccc(C)cc1)C(=O)CSCc1ccccc1Cl. The number of hydrogen-bond donors (Lipinski definition) is 1. The van der Waals surface area contributed by atoms with E-state index in [4.69, 9.17) is 11.6 Å². The van der Waals surface area contributed by atoms with Gasteiger partial charge in [-0.3, -0.25) is 9.59 Å². The highest BCUT2D eigenvalue weighted by atomic mass is 35.5. The van der Waals surface area contributed by atoms with Crippen LogP contribution >= 0.6 is 23.4 Å². The molecule has 0 aliphatic heterocycles. The number of aryl methyl sites for hydroxylation is 1. The summed E-state index contributed by atoms with van der Waals surface area (Å²) in [6.45, 7) is 4.45. The van der Waals surface area contributed by atoms with Gasteiger partial charge < -0.3 is 10.2 Å². The third-order valence-corrected chi connectivity index (χ3v) is 7.34. The van der Waals surface area contributed by atoms with E-state index in [9.17, 15) is 9.59 Å². The number of amides is 2. The highest BCUT2D eigenvalue weighted by Crippen LogP contribution is 2.23. The minimum atomic E-state index is -0.467. The van der Waals surface area contributed by atoms with Crippen LogP contribution < -0.4 is 5.32 Å². The molecule has 1 N–H and O–H groups in total. The summed E-state index contributed by atoms with van der Waals surface area (Å²) in [5.74, 6) is 0.922. The van der Waals surface area contributed by atoms with E-state index in [1.165, 1.54) is 17.3 Å². The molecule has 2 aromatic rings. The van der Waals surface area contributed by atoms with Gasteiger partial charge in [0.1, 0.15) is 6.04 Å². The predicted octanol–water partition coefficient (Wildman–Crippen LogP) is 5.75. The van der Waals surface area contributed by atoms with Crippen molar-refractivity contribution in [1.29, 1.82) is 0 Å². The van der Waals surface area contributed by atoms with E-state index in [2.05, 4.69) is 5.32 Å². The van der Waals surface area contributed by atoms with E-state index in [1.807, 2.05) is 62.4 Å². The van der Waals surface area contributed by atoms with Gasteiger partial charge in [0.05, 0.1) is 5.75 Å². The maximum atomic E-state index is 13.3. The molecular weight excluding hydrogens is 440 g/mol. The fraction of sp³-hybridized carbons (Fsp3) is 0.462. The first-order valence-corrected chi connectivity index (χ1v) is 13.0. The summed E-state index contributed by atoms with van der Waals surface area (Å²) < 4.78 is 0. The van der Waals surface area contributed by atoms with Crippen molar-refractivity contribution in [1.82, 2.24) is 10.2 Å². The summed E-state index contributed by atoms with van der Waals surface area (Å²) in [4.78, 5) is 28.2. The van der Waals surface area contributed by atoms with Crippen molar-refractivity contribution in [3.63, 3.8) is 0 Å². The van der Waals surface area contributed by atoms with Gasteiger partial charge in [-0.25, -0.2) is 0 Å². The summed E-state index contributed by atoms with van der Waals surface area (Å²) in [5.41, 5.74) is 3.23. The van der Waals surface area contributed by atoms with Crippen molar-refractivity contribution in [2.45, 2.75) is 70.3 Å². The second kappa shape index (κ2) is 12.3. The van der Waals surface area contributed by atoms with Gasteiger partial charge in [0.15, 0.2) is 0 Å². The quantitative estimate of drug-likeness (QED) is 0.479. The Balaban J connectivity index is 1.70. The molecule has 1 atom stereocenters. The second-order valence-corrected chi connectivity index (χ2v) is 9.90. The zero-order valence-electron chi connectivity index (χ0n) is 19.0. The van der Waals surface area contributed by atoms with Crippen molar-refractivity contribution < 1.29 is 9.59 Å². The van der Waals surface area contributed by atoms with Gasteiger partial charge in [-0.1, -0.05) is 79.4 Å². The Hall–Kier alpha value is -1.98. The fourth-order valence-corrected chi connectivity index (χ4v) is 5.32. The number of nitrogens with one attached hydrogen (secondary N) is 1. The Morgan fingerprint density at radius 1 is 1.12 bits per heavy atom. The highest BCUT2D eigenvalue weighted by Gasteiger charge is 2.30. The smallest absolute Gasteiger partial charge is 0.243 e. The van der Waals surface area contributed by atoms with Crippen LogP contribution in [0.3, 0.4) is 0 Å². The van der Waals surface area contributed by atoms with Crippen molar-refractivity contribution in [2.75, 3.05) is 5.75 Å². The van der Waals surface area contributed by atoms with Gasteiger partial charge in [-0.2, -0.15) is 0 Å². The van der Waals surface area contributed by atoms with Crippen LogP contribution in [0.15, 0.2) is 48.5 Å². The largest absolute Gasteiger partial charge is 0.352 e. The van der Waals surface area contributed by atoms with Crippen LogP contribution in [0.25, 0.3) is 0 Å². The first-order chi connectivity index (χ1) is 15.5. The highest BCUT2D eigenvalue weighted by molar-refractivity contribution is 7.99. The lowest BCUT2D eigenvalue weighted by atomic mass is 10.1. The molecule has 0 radical (unpaired) electrons. The van der Waals surface area contributed by atoms with Crippen LogP contribution in [-0.4, -0.2) is 34.6 Å². The topological polar surface area (TPSA) is 49.4 Å². The average molecular weight is 473 g/mol. The minimum Gasteiger partial charge on any atom is -0.352 e. The molecule has 0 unspecified atom stereocenters. The van der Waals surface area contributed by atoms with Crippen molar-refractivity contribution in [2.24, 2.45) is 0 Å². The molecule has 1 fully saturated rings. The Bertz CT molecular complexity index is 897. The molecule has 1 aliphatic carbocycles. The van der Waals surface area contributed by atoms with E-state index < -0.39 is 6.04 Å². The molecule has 0 bridgehead atoms. The van der Waals surface area contributed by atoms with E-state index in [0.717, 1.165) is 36.8 Å². The lowest BCUT2D eigenvalue weighted by Gasteiger charge is -2.31. The molecule has 6 heteroatoms. The molecular formula is C26H33ClN2O2S. The maximum absolute atomic E-state index is 13.3. The van der Waals surface area contributed by atoms with Gasteiger partial charge in [-0.15, -0.1) is 11.8 Å². The fourth-order valence-electron chi connectivity index (χ4n) is 4.12. The summed E-state index contributed by atoms with van der Waals surface area (Å²) in [6, 6.07) is 15.6. The van der Waals surface area contributed by atoms with Crippen molar-refractivity contribution in [3.05, 3.63) is 70.2 Å². The Morgan fingerprint density at radius 2 is 1.81 bits per heavy atom. The molecule has 2 aromatic carbocycles. The lowest BCUT2D eigenvalue weighted by molar-refractivity contribution is -0.139. The molecule has 2 amide bonds.